The fraction of sp³-hybridized carbons (Fsp3) is 0.176. The summed E-state index contributed by atoms with van der Waals surface area (Å²) in [4.78, 5) is 17.0. The van der Waals surface area contributed by atoms with E-state index < -0.39 is 5.54 Å². The molecule has 0 radical (unpaired) electrons. The molecule has 0 saturated carbocycles. The van der Waals surface area contributed by atoms with Gasteiger partial charge in [0, 0.05) is 11.1 Å². The van der Waals surface area contributed by atoms with E-state index in [1.165, 1.54) is 16.2 Å². The Labute approximate surface area is 151 Å². The number of carbonyl (C=O) groups is 1. The van der Waals surface area contributed by atoms with Gasteiger partial charge in [-0.2, -0.15) is 0 Å². The Morgan fingerprint density at radius 2 is 1.91 bits per heavy atom. The molecule has 23 heavy (non-hydrogen) atoms. The Kier molecular flexibility index (Phi) is 3.53. The van der Waals surface area contributed by atoms with E-state index in [2.05, 4.69) is 19.9 Å². The van der Waals surface area contributed by atoms with E-state index in [9.17, 15) is 4.79 Å². The number of nitrogens with zero attached hydrogens (tertiary/aromatic N) is 1. The first-order valence-corrected chi connectivity index (χ1v) is 10.6. The maximum Gasteiger partial charge on any atom is 0.269 e. The van der Waals surface area contributed by atoms with Gasteiger partial charge in [-0.25, -0.2) is 0 Å². The summed E-state index contributed by atoms with van der Waals surface area (Å²) in [7, 11) is 3.31. The molecule has 3 aromatic rings. The van der Waals surface area contributed by atoms with Crippen LogP contribution in [0.15, 0.2) is 41.8 Å². The summed E-state index contributed by atoms with van der Waals surface area (Å²) in [5, 5.41) is 1.94. The Balaban J connectivity index is 2.01. The lowest BCUT2D eigenvalue weighted by Gasteiger charge is -2.42. The molecule has 0 N–H and O–H groups in total. The van der Waals surface area contributed by atoms with Crippen LogP contribution in [0.4, 0.5) is 5.69 Å². The van der Waals surface area contributed by atoms with Crippen molar-refractivity contribution in [2.24, 2.45) is 0 Å². The average Bonchev–Trinajstić information content (AvgIpc) is 3.17. The zero-order valence-electron chi connectivity index (χ0n) is 12.5. The van der Waals surface area contributed by atoms with E-state index in [0.29, 0.717) is 0 Å². The summed E-state index contributed by atoms with van der Waals surface area (Å²) in [5.41, 5.74) is 2.73. The third-order valence-corrected chi connectivity index (χ3v) is 8.28. The lowest BCUT2D eigenvalue weighted by Crippen LogP contribution is -2.47. The van der Waals surface area contributed by atoms with Gasteiger partial charge in [0.1, 0.15) is 3.82 Å². The van der Waals surface area contributed by atoms with E-state index in [4.69, 9.17) is 12.2 Å². The molecular formula is C17H13NOS4. The molecule has 1 amide bonds. The zero-order valence-corrected chi connectivity index (χ0v) is 15.8. The molecule has 1 aliphatic heterocycles. The second kappa shape index (κ2) is 5.34. The highest BCUT2D eigenvalue weighted by Crippen LogP contribution is 2.52. The van der Waals surface area contributed by atoms with Crippen molar-refractivity contribution in [1.29, 1.82) is 0 Å². The summed E-state index contributed by atoms with van der Waals surface area (Å²) in [6.07, 6.45) is 0. The highest BCUT2D eigenvalue weighted by Gasteiger charge is 2.43. The summed E-state index contributed by atoms with van der Waals surface area (Å²) in [5.74, 6) is 0.0485. The third-order valence-electron chi connectivity index (χ3n) is 4.10. The number of carbonyl (C=O) groups excluding carboxylic acids is 1. The van der Waals surface area contributed by atoms with Crippen LogP contribution in [-0.4, -0.2) is 5.91 Å². The van der Waals surface area contributed by atoms with E-state index >= 15 is 0 Å². The minimum Gasteiger partial charge on any atom is -0.297 e. The van der Waals surface area contributed by atoms with Crippen LogP contribution in [0.3, 0.4) is 0 Å². The van der Waals surface area contributed by atoms with E-state index in [0.717, 1.165) is 25.5 Å². The molecule has 0 aliphatic carbocycles. The normalized spacial score (nSPS) is 15.1. The number of rotatable bonds is 1. The highest BCUT2D eigenvalue weighted by atomic mass is 32.9. The topological polar surface area (TPSA) is 20.3 Å². The van der Waals surface area contributed by atoms with Crippen molar-refractivity contribution in [3.8, 4) is 11.1 Å². The first-order valence-electron chi connectivity index (χ1n) is 7.13. The van der Waals surface area contributed by atoms with E-state index in [-0.39, 0.29) is 5.91 Å². The molecule has 0 saturated heterocycles. The first-order chi connectivity index (χ1) is 11.0. The van der Waals surface area contributed by atoms with Gasteiger partial charge in [-0.05, 0) is 31.4 Å². The van der Waals surface area contributed by atoms with Gasteiger partial charge in [-0.15, -0.1) is 11.3 Å². The summed E-state index contributed by atoms with van der Waals surface area (Å²) >= 11 is 7.04. The van der Waals surface area contributed by atoms with Gasteiger partial charge < -0.3 is 0 Å². The lowest BCUT2D eigenvalue weighted by molar-refractivity contribution is 0.0965. The molecule has 1 aliphatic rings. The number of para-hydroxylation sites is 1. The smallest absolute Gasteiger partial charge is 0.269 e. The fourth-order valence-corrected chi connectivity index (χ4v) is 6.99. The molecule has 2 aromatic heterocycles. The maximum absolute atomic E-state index is 13.2. The minimum absolute atomic E-state index is 0.0485. The third kappa shape index (κ3) is 2.16. The van der Waals surface area contributed by atoms with Gasteiger partial charge in [0.2, 0.25) is 0 Å². The van der Waals surface area contributed by atoms with Gasteiger partial charge in [-0.1, -0.05) is 57.2 Å². The Hall–Kier alpha value is -1.34. The maximum atomic E-state index is 13.2. The number of fused-ring (bicyclic) bond motifs is 3. The second-order valence-electron chi connectivity index (χ2n) is 5.85. The van der Waals surface area contributed by atoms with Crippen molar-refractivity contribution >= 4 is 55.8 Å². The molecule has 116 valence electrons. The molecule has 6 heteroatoms. The van der Waals surface area contributed by atoms with Crippen LogP contribution in [0.25, 0.3) is 11.1 Å². The second-order valence-corrected chi connectivity index (χ2v) is 9.62. The molecule has 0 atom stereocenters. The molecule has 0 unspecified atom stereocenters. The van der Waals surface area contributed by atoms with Crippen molar-refractivity contribution < 1.29 is 4.79 Å². The van der Waals surface area contributed by atoms with E-state index in [1.807, 2.05) is 40.6 Å². The van der Waals surface area contributed by atoms with Crippen molar-refractivity contribution in [1.82, 2.24) is 0 Å². The van der Waals surface area contributed by atoms with Crippen LogP contribution in [0.2, 0.25) is 0 Å². The quantitative estimate of drug-likeness (QED) is 0.375. The van der Waals surface area contributed by atoms with Gasteiger partial charge in [0.25, 0.3) is 5.91 Å². The standard InChI is InChI=1S/C17H13NOS4/c1-17(2)14-13(16(20)23-22-14)10-6-3-4-7-11(10)18(17)15(19)12-8-5-9-21-12/h3-9H,1-2H3. The van der Waals surface area contributed by atoms with E-state index in [1.54, 1.807) is 20.7 Å². The first kappa shape index (κ1) is 15.2. The minimum atomic E-state index is -0.414. The van der Waals surface area contributed by atoms with Crippen LogP contribution in [0.5, 0.6) is 0 Å². The number of thiophene rings is 1. The molecule has 0 spiro atoms. The molecule has 3 heterocycles. The zero-order chi connectivity index (χ0) is 16.2. The van der Waals surface area contributed by atoms with Crippen LogP contribution in [0, 0.1) is 3.82 Å². The van der Waals surface area contributed by atoms with Crippen LogP contribution >= 0.6 is 44.2 Å². The highest BCUT2D eigenvalue weighted by molar-refractivity contribution is 7.80. The Morgan fingerprint density at radius 3 is 2.65 bits per heavy atom. The van der Waals surface area contributed by atoms with Gasteiger partial charge in [0.15, 0.2) is 0 Å². The van der Waals surface area contributed by atoms with Gasteiger partial charge in [-0.3, -0.25) is 9.69 Å². The Bertz CT molecular complexity index is 949. The largest absolute Gasteiger partial charge is 0.297 e. The molecule has 2 nitrogen and oxygen atoms in total. The summed E-state index contributed by atoms with van der Waals surface area (Å²) < 4.78 is 0.911. The molecule has 0 bridgehead atoms. The number of anilines is 1. The van der Waals surface area contributed by atoms with Crippen molar-refractivity contribution in [3.63, 3.8) is 0 Å². The number of hydrogen-bond acceptors (Lipinski definition) is 5. The molecular weight excluding hydrogens is 362 g/mol. The average molecular weight is 376 g/mol. The number of benzene rings is 1. The Morgan fingerprint density at radius 1 is 1.13 bits per heavy atom. The predicted octanol–water partition coefficient (Wildman–Crippen LogP) is 6.16. The lowest BCUT2D eigenvalue weighted by atomic mass is 9.87. The van der Waals surface area contributed by atoms with Crippen LogP contribution in [-0.2, 0) is 5.54 Å². The van der Waals surface area contributed by atoms with Crippen molar-refractivity contribution in [2.45, 2.75) is 19.4 Å². The SMILES string of the molecule is CC1(C)c2ssc(=S)c2-c2ccccc2N1C(=O)c1cccs1. The monoisotopic (exact) mass is 375 g/mol. The number of hydrogen-bond donors (Lipinski definition) is 0. The van der Waals surface area contributed by atoms with Crippen LogP contribution < -0.4 is 4.90 Å². The van der Waals surface area contributed by atoms with Crippen LogP contribution in [0.1, 0.15) is 28.4 Å². The fourth-order valence-electron chi connectivity index (χ4n) is 3.05. The molecule has 1 aromatic carbocycles. The predicted molar refractivity (Wildman–Crippen MR) is 103 cm³/mol. The summed E-state index contributed by atoms with van der Waals surface area (Å²) in [6.45, 7) is 4.20. The number of amides is 1. The summed E-state index contributed by atoms with van der Waals surface area (Å²) in [6, 6.07) is 11.9. The molecule has 0 fully saturated rings. The van der Waals surface area contributed by atoms with Crippen molar-refractivity contribution in [2.75, 3.05) is 4.90 Å². The van der Waals surface area contributed by atoms with Crippen molar-refractivity contribution in [3.05, 3.63) is 55.4 Å². The van der Waals surface area contributed by atoms with Gasteiger partial charge >= 0.3 is 0 Å². The molecule has 4 rings (SSSR count). The van der Waals surface area contributed by atoms with Gasteiger partial charge in [0.05, 0.1) is 21.0 Å².